The highest BCUT2D eigenvalue weighted by atomic mass is 35.5. The molecule has 2 rings (SSSR count). The van der Waals surface area contributed by atoms with E-state index >= 15 is 0 Å². The van der Waals surface area contributed by atoms with Gasteiger partial charge in [0.05, 0.1) is 5.56 Å². The first-order valence-electron chi connectivity index (χ1n) is 5.26. The van der Waals surface area contributed by atoms with Crippen LogP contribution in [0.4, 0.5) is 4.39 Å². The zero-order valence-corrected chi connectivity index (χ0v) is 11.2. The van der Waals surface area contributed by atoms with Crippen LogP contribution in [0.2, 0.25) is 5.02 Å². The quantitative estimate of drug-likeness (QED) is 0.611. The molecule has 2 aromatic rings. The van der Waals surface area contributed by atoms with E-state index in [2.05, 4.69) is 0 Å². The zero-order chi connectivity index (χ0) is 13.1. The van der Waals surface area contributed by atoms with Gasteiger partial charge in [0.25, 0.3) is 0 Å². The molecule has 2 aromatic carbocycles. The van der Waals surface area contributed by atoms with Crippen molar-refractivity contribution in [1.29, 1.82) is 0 Å². The molecule has 0 atom stereocenters. The second-order valence-electron chi connectivity index (χ2n) is 3.65. The van der Waals surface area contributed by atoms with Crippen molar-refractivity contribution in [2.24, 2.45) is 0 Å². The summed E-state index contributed by atoms with van der Waals surface area (Å²) in [6.07, 6.45) is 1.88. The van der Waals surface area contributed by atoms with Crippen molar-refractivity contribution in [2.45, 2.75) is 4.90 Å². The summed E-state index contributed by atoms with van der Waals surface area (Å²) in [6, 6.07) is 11.2. The van der Waals surface area contributed by atoms with Crippen molar-refractivity contribution in [3.63, 3.8) is 0 Å². The van der Waals surface area contributed by atoms with Crippen molar-refractivity contribution >= 4 is 29.1 Å². The Labute approximate surface area is 114 Å². The highest BCUT2D eigenvalue weighted by Gasteiger charge is 2.16. The van der Waals surface area contributed by atoms with Gasteiger partial charge in [-0.2, -0.15) is 0 Å². The molecule has 0 saturated carbocycles. The topological polar surface area (TPSA) is 17.1 Å². The summed E-state index contributed by atoms with van der Waals surface area (Å²) in [6.45, 7) is 0. The molecule has 0 spiro atoms. The normalized spacial score (nSPS) is 10.4. The Morgan fingerprint density at radius 1 is 1.17 bits per heavy atom. The van der Waals surface area contributed by atoms with Gasteiger partial charge in [-0.3, -0.25) is 4.79 Å². The first kappa shape index (κ1) is 13.1. The molecular weight excluding hydrogens is 271 g/mol. The van der Waals surface area contributed by atoms with Crippen LogP contribution < -0.4 is 0 Å². The van der Waals surface area contributed by atoms with Crippen LogP contribution in [0.3, 0.4) is 0 Å². The van der Waals surface area contributed by atoms with Gasteiger partial charge >= 0.3 is 0 Å². The second-order valence-corrected chi connectivity index (χ2v) is 4.94. The first-order chi connectivity index (χ1) is 8.63. The molecule has 0 fully saturated rings. The smallest absolute Gasteiger partial charge is 0.197 e. The van der Waals surface area contributed by atoms with Crippen LogP contribution >= 0.6 is 23.4 Å². The molecule has 0 saturated heterocycles. The van der Waals surface area contributed by atoms with Crippen LogP contribution in [0.5, 0.6) is 0 Å². The molecule has 0 aromatic heterocycles. The SMILES string of the molecule is CSc1ccccc1C(=O)c1ccc(Cl)cc1F. The Bertz CT molecular complexity index is 598. The van der Waals surface area contributed by atoms with Gasteiger partial charge in [0.1, 0.15) is 5.82 Å². The molecule has 92 valence electrons. The van der Waals surface area contributed by atoms with Crippen molar-refractivity contribution < 1.29 is 9.18 Å². The summed E-state index contributed by atoms with van der Waals surface area (Å²) in [7, 11) is 0. The third-order valence-corrected chi connectivity index (χ3v) is 3.56. The Kier molecular flexibility index (Phi) is 4.04. The van der Waals surface area contributed by atoms with Crippen molar-refractivity contribution in [2.75, 3.05) is 6.26 Å². The summed E-state index contributed by atoms with van der Waals surface area (Å²) in [5.74, 6) is -0.919. The molecule has 0 bridgehead atoms. The van der Waals surface area contributed by atoms with E-state index in [0.29, 0.717) is 5.56 Å². The van der Waals surface area contributed by atoms with E-state index in [-0.39, 0.29) is 16.4 Å². The standard InChI is InChI=1S/C14H10ClFOS/c1-18-13-5-3-2-4-11(13)14(17)10-7-6-9(15)8-12(10)16/h2-8H,1H3. The molecule has 0 N–H and O–H groups in total. The van der Waals surface area contributed by atoms with Crippen LogP contribution in [0.1, 0.15) is 15.9 Å². The van der Waals surface area contributed by atoms with Gasteiger partial charge in [0.15, 0.2) is 5.78 Å². The van der Waals surface area contributed by atoms with Crippen LogP contribution in [0.15, 0.2) is 47.4 Å². The zero-order valence-electron chi connectivity index (χ0n) is 9.61. The fourth-order valence-corrected chi connectivity index (χ4v) is 2.41. The number of hydrogen-bond donors (Lipinski definition) is 0. The lowest BCUT2D eigenvalue weighted by atomic mass is 10.0. The van der Waals surface area contributed by atoms with E-state index in [4.69, 9.17) is 11.6 Å². The number of rotatable bonds is 3. The van der Waals surface area contributed by atoms with Crippen molar-refractivity contribution in [3.8, 4) is 0 Å². The van der Waals surface area contributed by atoms with Crippen LogP contribution in [-0.4, -0.2) is 12.0 Å². The van der Waals surface area contributed by atoms with E-state index in [0.717, 1.165) is 11.0 Å². The number of hydrogen-bond acceptors (Lipinski definition) is 2. The Morgan fingerprint density at radius 3 is 2.56 bits per heavy atom. The Balaban J connectivity index is 2.48. The lowest BCUT2D eigenvalue weighted by Crippen LogP contribution is -2.05. The number of thioether (sulfide) groups is 1. The highest BCUT2D eigenvalue weighted by molar-refractivity contribution is 7.98. The van der Waals surface area contributed by atoms with E-state index in [1.807, 2.05) is 18.4 Å². The maximum atomic E-state index is 13.7. The van der Waals surface area contributed by atoms with E-state index in [9.17, 15) is 9.18 Å². The predicted octanol–water partition coefficient (Wildman–Crippen LogP) is 4.43. The van der Waals surface area contributed by atoms with Crippen LogP contribution in [0.25, 0.3) is 0 Å². The van der Waals surface area contributed by atoms with Gasteiger partial charge < -0.3 is 0 Å². The number of carbonyl (C=O) groups is 1. The molecule has 0 aliphatic carbocycles. The summed E-state index contributed by atoms with van der Waals surface area (Å²) in [5.41, 5.74) is 0.548. The van der Waals surface area contributed by atoms with Crippen molar-refractivity contribution in [1.82, 2.24) is 0 Å². The van der Waals surface area contributed by atoms with Crippen LogP contribution in [0, 0.1) is 5.82 Å². The van der Waals surface area contributed by atoms with Gasteiger partial charge in [-0.25, -0.2) is 4.39 Å². The summed E-state index contributed by atoms with van der Waals surface area (Å²) >= 11 is 7.13. The highest BCUT2D eigenvalue weighted by Crippen LogP contribution is 2.24. The lowest BCUT2D eigenvalue weighted by Gasteiger charge is -2.07. The summed E-state index contributed by atoms with van der Waals surface area (Å²) in [5, 5.41) is 0.280. The lowest BCUT2D eigenvalue weighted by molar-refractivity contribution is 0.103. The minimum absolute atomic E-state index is 0.0425. The molecule has 0 heterocycles. The molecule has 0 amide bonds. The Morgan fingerprint density at radius 2 is 1.89 bits per heavy atom. The van der Waals surface area contributed by atoms with E-state index < -0.39 is 5.82 Å². The number of carbonyl (C=O) groups excluding carboxylic acids is 1. The van der Waals surface area contributed by atoms with Gasteiger partial charge in [-0.05, 0) is 36.6 Å². The molecule has 0 aliphatic rings. The maximum Gasteiger partial charge on any atom is 0.197 e. The molecule has 0 radical (unpaired) electrons. The molecule has 0 unspecified atom stereocenters. The fraction of sp³-hybridized carbons (Fsp3) is 0.0714. The molecule has 18 heavy (non-hydrogen) atoms. The molecular formula is C14H10ClFOS. The average molecular weight is 281 g/mol. The monoisotopic (exact) mass is 280 g/mol. The maximum absolute atomic E-state index is 13.7. The third kappa shape index (κ3) is 2.57. The van der Waals surface area contributed by atoms with E-state index in [1.165, 1.54) is 23.9 Å². The number of benzene rings is 2. The summed E-state index contributed by atoms with van der Waals surface area (Å²) < 4.78 is 13.7. The van der Waals surface area contributed by atoms with Gasteiger partial charge in [-0.1, -0.05) is 23.7 Å². The van der Waals surface area contributed by atoms with E-state index in [1.54, 1.807) is 12.1 Å². The second kappa shape index (κ2) is 5.55. The molecule has 0 aliphatic heterocycles. The minimum atomic E-state index is -0.594. The number of halogens is 2. The fourth-order valence-electron chi connectivity index (χ4n) is 1.65. The number of ketones is 1. The Hall–Kier alpha value is -1.32. The molecule has 4 heteroatoms. The first-order valence-corrected chi connectivity index (χ1v) is 6.86. The molecule has 1 nitrogen and oxygen atoms in total. The predicted molar refractivity (Wildman–Crippen MR) is 73.1 cm³/mol. The van der Waals surface area contributed by atoms with Gasteiger partial charge in [0, 0.05) is 15.5 Å². The van der Waals surface area contributed by atoms with Crippen molar-refractivity contribution in [3.05, 3.63) is 64.4 Å². The van der Waals surface area contributed by atoms with Crippen LogP contribution in [-0.2, 0) is 0 Å². The summed E-state index contributed by atoms with van der Waals surface area (Å²) in [4.78, 5) is 13.1. The van der Waals surface area contributed by atoms with Gasteiger partial charge in [0.2, 0.25) is 0 Å². The third-order valence-electron chi connectivity index (χ3n) is 2.53. The average Bonchev–Trinajstić information content (AvgIpc) is 2.38. The van der Waals surface area contributed by atoms with Gasteiger partial charge in [-0.15, -0.1) is 11.8 Å². The minimum Gasteiger partial charge on any atom is -0.288 e. The largest absolute Gasteiger partial charge is 0.288 e.